The van der Waals surface area contributed by atoms with Crippen molar-refractivity contribution in [3.63, 3.8) is 0 Å². The third-order valence-corrected chi connectivity index (χ3v) is 4.38. The fourth-order valence-corrected chi connectivity index (χ4v) is 3.32. The molecule has 0 saturated heterocycles. The number of hydrogen-bond acceptors (Lipinski definition) is 7. The number of hydrogen-bond donors (Lipinski definition) is 1. The maximum atomic E-state index is 4.70. The molecule has 0 fully saturated rings. The lowest BCUT2D eigenvalue weighted by molar-refractivity contribution is 0.557. The molecule has 0 spiro atoms. The molecule has 0 bridgehead atoms. The van der Waals surface area contributed by atoms with Crippen molar-refractivity contribution in [3.05, 3.63) is 23.6 Å². The Morgan fingerprint density at radius 3 is 3.19 bits per heavy atom. The molecule has 108 valence electrons. The predicted molar refractivity (Wildman–Crippen MR) is 82.7 cm³/mol. The first-order valence-electron chi connectivity index (χ1n) is 6.96. The number of aromatic nitrogens is 5. The molecular weight excluding hydrogens is 286 g/mol. The fourth-order valence-electron chi connectivity index (χ4n) is 2.57. The Morgan fingerprint density at radius 1 is 1.33 bits per heavy atom. The van der Waals surface area contributed by atoms with Crippen LogP contribution in [0.5, 0.6) is 0 Å². The van der Waals surface area contributed by atoms with Crippen LogP contribution in [0.4, 0.5) is 11.8 Å². The Kier molecular flexibility index (Phi) is 2.95. The van der Waals surface area contributed by atoms with Crippen molar-refractivity contribution in [1.29, 1.82) is 0 Å². The maximum absolute atomic E-state index is 4.70. The minimum Gasteiger partial charge on any atom is -0.354 e. The zero-order valence-corrected chi connectivity index (χ0v) is 12.5. The van der Waals surface area contributed by atoms with Crippen molar-refractivity contribution in [3.8, 4) is 0 Å². The van der Waals surface area contributed by atoms with Gasteiger partial charge in [0.15, 0.2) is 5.82 Å². The second kappa shape index (κ2) is 4.96. The van der Waals surface area contributed by atoms with Crippen molar-refractivity contribution >= 4 is 33.3 Å². The molecule has 1 N–H and O–H groups in total. The van der Waals surface area contributed by atoms with E-state index < -0.39 is 0 Å². The van der Waals surface area contributed by atoms with Gasteiger partial charge in [-0.05, 0) is 18.4 Å². The van der Waals surface area contributed by atoms with Crippen LogP contribution in [0.1, 0.15) is 12.7 Å². The Morgan fingerprint density at radius 2 is 2.29 bits per heavy atom. The molecule has 1 aliphatic rings. The average molecular weight is 301 g/mol. The lowest BCUT2D eigenvalue weighted by atomic mass is 10.3. The molecule has 0 atom stereocenters. The zero-order valence-electron chi connectivity index (χ0n) is 11.7. The number of anilines is 2. The minimum absolute atomic E-state index is 0.689. The molecular formula is C13H15N7S. The van der Waals surface area contributed by atoms with Gasteiger partial charge in [-0.25, -0.2) is 4.98 Å². The first kappa shape index (κ1) is 12.5. The summed E-state index contributed by atoms with van der Waals surface area (Å²) in [4.78, 5) is 12.5. The smallest absolute Gasteiger partial charge is 0.226 e. The molecule has 21 heavy (non-hydrogen) atoms. The van der Waals surface area contributed by atoms with Gasteiger partial charge in [-0.15, -0.1) is 21.5 Å². The summed E-state index contributed by atoms with van der Waals surface area (Å²) >= 11 is 1.64. The van der Waals surface area contributed by atoms with Crippen LogP contribution in [0.2, 0.25) is 0 Å². The molecule has 0 saturated carbocycles. The summed E-state index contributed by atoms with van der Waals surface area (Å²) in [5.74, 6) is 2.65. The Labute approximate surface area is 125 Å². The SMILES string of the molecule is CCNc1nc(N2CCn3cnnc3C2)c2ccsc2n1. The van der Waals surface area contributed by atoms with Crippen LogP contribution in [0, 0.1) is 0 Å². The Balaban J connectivity index is 1.77. The minimum atomic E-state index is 0.689. The highest BCUT2D eigenvalue weighted by Crippen LogP contribution is 2.30. The van der Waals surface area contributed by atoms with Crippen LogP contribution in [0.25, 0.3) is 10.2 Å². The van der Waals surface area contributed by atoms with Crippen LogP contribution in [-0.4, -0.2) is 37.8 Å². The highest BCUT2D eigenvalue weighted by molar-refractivity contribution is 7.16. The van der Waals surface area contributed by atoms with Gasteiger partial charge in [0.25, 0.3) is 0 Å². The number of nitrogens with one attached hydrogen (secondary N) is 1. The van der Waals surface area contributed by atoms with Crippen molar-refractivity contribution < 1.29 is 0 Å². The van der Waals surface area contributed by atoms with Gasteiger partial charge >= 0.3 is 0 Å². The number of fused-ring (bicyclic) bond motifs is 2. The van der Waals surface area contributed by atoms with Gasteiger partial charge in [0.2, 0.25) is 5.95 Å². The standard InChI is InChI=1S/C13H15N7S/c1-2-14-13-16-11(9-3-6-21-12(9)17-13)19-4-5-20-8-15-18-10(20)7-19/h3,6,8H,2,4-5,7H2,1H3,(H,14,16,17). The molecule has 0 radical (unpaired) electrons. The van der Waals surface area contributed by atoms with E-state index in [0.29, 0.717) is 5.95 Å². The first-order chi connectivity index (χ1) is 10.3. The molecule has 1 aliphatic heterocycles. The monoisotopic (exact) mass is 301 g/mol. The molecule has 7 nitrogen and oxygen atoms in total. The van der Waals surface area contributed by atoms with Gasteiger partial charge in [-0.1, -0.05) is 0 Å². The first-order valence-corrected chi connectivity index (χ1v) is 7.84. The summed E-state index contributed by atoms with van der Waals surface area (Å²) in [6.07, 6.45) is 1.79. The van der Waals surface area contributed by atoms with E-state index in [1.807, 2.05) is 6.92 Å². The van der Waals surface area contributed by atoms with E-state index in [9.17, 15) is 0 Å². The molecule has 4 heterocycles. The van der Waals surface area contributed by atoms with E-state index >= 15 is 0 Å². The zero-order chi connectivity index (χ0) is 14.2. The van der Waals surface area contributed by atoms with Crippen LogP contribution >= 0.6 is 11.3 Å². The second-order valence-electron chi connectivity index (χ2n) is 4.90. The van der Waals surface area contributed by atoms with Gasteiger partial charge in [0.05, 0.1) is 11.9 Å². The topological polar surface area (TPSA) is 71.8 Å². The van der Waals surface area contributed by atoms with Gasteiger partial charge < -0.3 is 14.8 Å². The van der Waals surface area contributed by atoms with Crippen LogP contribution in [-0.2, 0) is 13.1 Å². The highest BCUT2D eigenvalue weighted by Gasteiger charge is 2.21. The van der Waals surface area contributed by atoms with Crippen molar-refractivity contribution in [2.24, 2.45) is 0 Å². The van der Waals surface area contributed by atoms with Gasteiger partial charge in [0.1, 0.15) is 17.0 Å². The highest BCUT2D eigenvalue weighted by atomic mass is 32.1. The van der Waals surface area contributed by atoms with Gasteiger partial charge in [-0.2, -0.15) is 4.98 Å². The van der Waals surface area contributed by atoms with Crippen molar-refractivity contribution in [1.82, 2.24) is 24.7 Å². The largest absolute Gasteiger partial charge is 0.354 e. The van der Waals surface area contributed by atoms with Crippen LogP contribution < -0.4 is 10.2 Å². The van der Waals surface area contributed by atoms with E-state index in [-0.39, 0.29) is 0 Å². The summed E-state index contributed by atoms with van der Waals surface area (Å²) in [5, 5.41) is 14.5. The Bertz CT molecular complexity index is 778. The summed E-state index contributed by atoms with van der Waals surface area (Å²) in [7, 11) is 0. The van der Waals surface area contributed by atoms with E-state index in [4.69, 9.17) is 4.98 Å². The van der Waals surface area contributed by atoms with E-state index in [1.165, 1.54) is 0 Å². The third kappa shape index (κ3) is 2.11. The number of rotatable bonds is 3. The summed E-state index contributed by atoms with van der Waals surface area (Å²) in [6, 6.07) is 2.09. The lowest BCUT2D eigenvalue weighted by Crippen LogP contribution is -2.34. The van der Waals surface area contributed by atoms with Gasteiger partial charge in [0, 0.05) is 19.6 Å². The molecule has 0 aromatic carbocycles. The van der Waals surface area contributed by atoms with E-state index in [2.05, 4.69) is 41.4 Å². The molecule has 0 aliphatic carbocycles. The number of thiophene rings is 1. The van der Waals surface area contributed by atoms with Gasteiger partial charge in [-0.3, -0.25) is 0 Å². The maximum Gasteiger partial charge on any atom is 0.226 e. The summed E-state index contributed by atoms with van der Waals surface area (Å²) in [6.45, 7) is 5.37. The average Bonchev–Trinajstić information content (AvgIpc) is 3.14. The van der Waals surface area contributed by atoms with Crippen LogP contribution in [0.3, 0.4) is 0 Å². The molecule has 8 heteroatoms. The van der Waals surface area contributed by atoms with E-state index in [1.54, 1.807) is 17.7 Å². The molecule has 3 aromatic heterocycles. The molecule has 0 amide bonds. The van der Waals surface area contributed by atoms with E-state index in [0.717, 1.165) is 48.0 Å². The molecule has 4 rings (SSSR count). The quantitative estimate of drug-likeness (QED) is 0.794. The lowest BCUT2D eigenvalue weighted by Gasteiger charge is -2.28. The Hall–Kier alpha value is -2.22. The second-order valence-corrected chi connectivity index (χ2v) is 5.80. The third-order valence-electron chi connectivity index (χ3n) is 3.58. The van der Waals surface area contributed by atoms with Crippen LogP contribution in [0.15, 0.2) is 17.8 Å². The summed E-state index contributed by atoms with van der Waals surface area (Å²) < 4.78 is 2.09. The normalized spacial score (nSPS) is 14.4. The van der Waals surface area contributed by atoms with Crippen molar-refractivity contribution in [2.45, 2.75) is 20.0 Å². The number of nitrogens with zero attached hydrogens (tertiary/aromatic N) is 6. The molecule has 3 aromatic rings. The van der Waals surface area contributed by atoms with Crippen molar-refractivity contribution in [2.75, 3.05) is 23.3 Å². The molecule has 0 unspecified atom stereocenters. The predicted octanol–water partition coefficient (Wildman–Crippen LogP) is 1.73. The summed E-state index contributed by atoms with van der Waals surface area (Å²) in [5.41, 5.74) is 0. The fraction of sp³-hybridized carbons (Fsp3) is 0.385.